The van der Waals surface area contributed by atoms with Crippen LogP contribution in [0, 0.1) is 0 Å². The van der Waals surface area contributed by atoms with Crippen molar-refractivity contribution in [3.8, 4) is 5.75 Å². The topological polar surface area (TPSA) is 96.5 Å². The molecule has 0 aliphatic carbocycles. The van der Waals surface area contributed by atoms with Gasteiger partial charge in [0.2, 0.25) is 0 Å². The van der Waals surface area contributed by atoms with Crippen molar-refractivity contribution in [1.82, 2.24) is 0 Å². The predicted molar refractivity (Wildman–Crippen MR) is 109 cm³/mol. The number of para-hydroxylation sites is 2. The third-order valence-corrected chi connectivity index (χ3v) is 5.20. The minimum Gasteiger partial charge on any atom is -0.497 e. The van der Waals surface area contributed by atoms with Crippen LogP contribution in [0.3, 0.4) is 0 Å². The smallest absolute Gasteiger partial charge is 0.323 e. The summed E-state index contributed by atoms with van der Waals surface area (Å²) in [6.07, 6.45) is 0. The number of urea groups is 1. The largest absolute Gasteiger partial charge is 0.497 e. The molecule has 3 aromatic carbocycles. The number of amides is 2. The molecule has 0 bridgehead atoms. The Labute approximate surface area is 163 Å². The third-order valence-electron chi connectivity index (χ3n) is 3.82. The number of methoxy groups -OCH3 is 1. The second-order valence-electron chi connectivity index (χ2n) is 5.77. The van der Waals surface area contributed by atoms with Gasteiger partial charge >= 0.3 is 6.03 Å². The van der Waals surface area contributed by atoms with Gasteiger partial charge < -0.3 is 15.4 Å². The summed E-state index contributed by atoms with van der Waals surface area (Å²) in [6.45, 7) is 0. The first-order valence-corrected chi connectivity index (χ1v) is 9.85. The van der Waals surface area contributed by atoms with Crippen LogP contribution in [0.2, 0.25) is 0 Å². The van der Waals surface area contributed by atoms with E-state index >= 15 is 0 Å². The lowest BCUT2D eigenvalue weighted by atomic mass is 10.3. The molecule has 28 heavy (non-hydrogen) atoms. The van der Waals surface area contributed by atoms with E-state index in [9.17, 15) is 13.2 Å². The van der Waals surface area contributed by atoms with Gasteiger partial charge in [-0.25, -0.2) is 13.2 Å². The van der Waals surface area contributed by atoms with E-state index in [1.165, 1.54) is 12.1 Å². The molecule has 0 aliphatic heterocycles. The molecular weight excluding hydrogens is 378 g/mol. The third kappa shape index (κ3) is 4.80. The Morgan fingerprint density at radius 3 is 2.04 bits per heavy atom. The Hall–Kier alpha value is -3.52. The predicted octanol–water partition coefficient (Wildman–Crippen LogP) is 4.14. The van der Waals surface area contributed by atoms with Gasteiger partial charge in [0.25, 0.3) is 10.0 Å². The summed E-state index contributed by atoms with van der Waals surface area (Å²) < 4.78 is 32.7. The molecule has 3 rings (SSSR count). The maximum Gasteiger partial charge on any atom is 0.323 e. The molecule has 0 aromatic heterocycles. The number of ether oxygens (including phenoxy) is 1. The van der Waals surface area contributed by atoms with Gasteiger partial charge in [0, 0.05) is 5.69 Å². The lowest BCUT2D eigenvalue weighted by Gasteiger charge is -2.14. The quantitative estimate of drug-likeness (QED) is 0.582. The van der Waals surface area contributed by atoms with Gasteiger partial charge in [-0.15, -0.1) is 0 Å². The van der Waals surface area contributed by atoms with Gasteiger partial charge in [0.15, 0.2) is 0 Å². The fraction of sp³-hybridized carbons (Fsp3) is 0.0500. The van der Waals surface area contributed by atoms with Crippen LogP contribution in [-0.4, -0.2) is 21.6 Å². The summed E-state index contributed by atoms with van der Waals surface area (Å²) in [5, 5.41) is 5.33. The molecule has 0 spiro atoms. The zero-order valence-corrected chi connectivity index (χ0v) is 15.9. The molecule has 0 saturated carbocycles. The summed E-state index contributed by atoms with van der Waals surface area (Å²) in [6, 6.07) is 20.9. The van der Waals surface area contributed by atoms with Gasteiger partial charge in [-0.05, 0) is 48.5 Å². The normalized spacial score (nSPS) is 10.8. The molecule has 0 heterocycles. The minimum absolute atomic E-state index is 0.132. The lowest BCUT2D eigenvalue weighted by molar-refractivity contribution is 0.262. The van der Waals surface area contributed by atoms with Crippen LogP contribution in [-0.2, 0) is 10.0 Å². The molecule has 144 valence electrons. The SMILES string of the molecule is COc1ccc(NC(=O)Nc2ccccc2NS(=O)(=O)c2ccccc2)cc1. The van der Waals surface area contributed by atoms with Crippen LogP contribution in [0.5, 0.6) is 5.75 Å². The van der Waals surface area contributed by atoms with Crippen molar-refractivity contribution in [2.75, 3.05) is 22.5 Å². The Kier molecular flexibility index (Phi) is 5.81. The maximum absolute atomic E-state index is 12.5. The van der Waals surface area contributed by atoms with E-state index in [1.54, 1.807) is 73.8 Å². The van der Waals surface area contributed by atoms with E-state index in [2.05, 4.69) is 15.4 Å². The van der Waals surface area contributed by atoms with E-state index in [0.29, 0.717) is 17.1 Å². The molecule has 0 aliphatic rings. The molecular formula is C20H19N3O4S. The number of benzene rings is 3. The highest BCUT2D eigenvalue weighted by atomic mass is 32.2. The molecule has 7 nitrogen and oxygen atoms in total. The van der Waals surface area contributed by atoms with E-state index in [-0.39, 0.29) is 10.6 Å². The summed E-state index contributed by atoms with van der Waals surface area (Å²) in [7, 11) is -2.22. The first kappa shape index (κ1) is 19.2. The zero-order valence-electron chi connectivity index (χ0n) is 15.0. The molecule has 0 unspecified atom stereocenters. The number of nitrogens with one attached hydrogen (secondary N) is 3. The fourth-order valence-corrected chi connectivity index (χ4v) is 3.54. The first-order chi connectivity index (χ1) is 13.5. The van der Waals surface area contributed by atoms with Gasteiger partial charge in [-0.3, -0.25) is 4.72 Å². The summed E-state index contributed by atoms with van der Waals surface area (Å²) in [5.74, 6) is 0.673. The number of rotatable bonds is 6. The summed E-state index contributed by atoms with van der Waals surface area (Å²) >= 11 is 0. The van der Waals surface area contributed by atoms with Crippen molar-refractivity contribution in [3.05, 3.63) is 78.9 Å². The van der Waals surface area contributed by atoms with Gasteiger partial charge in [-0.1, -0.05) is 30.3 Å². The van der Waals surface area contributed by atoms with Crippen LogP contribution < -0.4 is 20.1 Å². The van der Waals surface area contributed by atoms with Gasteiger partial charge in [0.1, 0.15) is 5.75 Å². The molecule has 0 atom stereocenters. The van der Waals surface area contributed by atoms with Crippen molar-refractivity contribution in [1.29, 1.82) is 0 Å². The van der Waals surface area contributed by atoms with Crippen LogP contribution >= 0.6 is 0 Å². The van der Waals surface area contributed by atoms with E-state index in [4.69, 9.17) is 4.74 Å². The minimum atomic E-state index is -3.77. The molecule has 0 fully saturated rings. The van der Waals surface area contributed by atoms with Crippen molar-refractivity contribution in [2.45, 2.75) is 4.90 Å². The number of hydrogen-bond donors (Lipinski definition) is 3. The van der Waals surface area contributed by atoms with Crippen LogP contribution in [0.1, 0.15) is 0 Å². The number of hydrogen-bond acceptors (Lipinski definition) is 4. The van der Waals surface area contributed by atoms with Crippen molar-refractivity contribution >= 4 is 33.1 Å². The fourth-order valence-electron chi connectivity index (χ4n) is 2.44. The van der Waals surface area contributed by atoms with Crippen molar-refractivity contribution < 1.29 is 17.9 Å². The van der Waals surface area contributed by atoms with Gasteiger partial charge in [-0.2, -0.15) is 0 Å². The summed E-state index contributed by atoms with van der Waals surface area (Å²) in [5.41, 5.74) is 1.16. The number of sulfonamides is 1. The molecule has 3 aromatic rings. The Morgan fingerprint density at radius 2 is 1.39 bits per heavy atom. The van der Waals surface area contributed by atoms with Crippen LogP contribution in [0.4, 0.5) is 21.9 Å². The second kappa shape index (κ2) is 8.45. The molecule has 0 radical (unpaired) electrons. The standard InChI is InChI=1S/C20H19N3O4S/c1-27-16-13-11-15(12-14-16)21-20(24)22-18-9-5-6-10-19(18)23-28(25,26)17-7-3-2-4-8-17/h2-14,23H,1H3,(H2,21,22,24). The second-order valence-corrected chi connectivity index (χ2v) is 7.45. The monoisotopic (exact) mass is 397 g/mol. The Bertz CT molecular complexity index is 1050. The molecule has 8 heteroatoms. The number of anilines is 3. The maximum atomic E-state index is 12.5. The Morgan fingerprint density at radius 1 is 0.786 bits per heavy atom. The lowest BCUT2D eigenvalue weighted by Crippen LogP contribution is -2.21. The summed E-state index contributed by atoms with van der Waals surface area (Å²) in [4.78, 5) is 12.4. The van der Waals surface area contributed by atoms with E-state index < -0.39 is 16.1 Å². The van der Waals surface area contributed by atoms with Gasteiger partial charge in [0.05, 0.1) is 23.4 Å². The van der Waals surface area contributed by atoms with E-state index in [0.717, 1.165) is 0 Å². The Balaban J connectivity index is 1.74. The number of carbonyl (C=O) groups excluding carboxylic acids is 1. The first-order valence-electron chi connectivity index (χ1n) is 8.37. The average molecular weight is 397 g/mol. The highest BCUT2D eigenvalue weighted by Crippen LogP contribution is 2.25. The highest BCUT2D eigenvalue weighted by molar-refractivity contribution is 7.92. The molecule has 3 N–H and O–H groups in total. The molecule has 0 saturated heterocycles. The van der Waals surface area contributed by atoms with Crippen LogP contribution in [0.25, 0.3) is 0 Å². The molecule has 2 amide bonds. The average Bonchev–Trinajstić information content (AvgIpc) is 2.70. The van der Waals surface area contributed by atoms with Crippen molar-refractivity contribution in [2.24, 2.45) is 0 Å². The zero-order chi connectivity index (χ0) is 20.0. The highest BCUT2D eigenvalue weighted by Gasteiger charge is 2.16. The van der Waals surface area contributed by atoms with Crippen molar-refractivity contribution in [3.63, 3.8) is 0 Å². The number of carbonyl (C=O) groups is 1. The van der Waals surface area contributed by atoms with Crippen LogP contribution in [0.15, 0.2) is 83.8 Å². The van der Waals surface area contributed by atoms with E-state index in [1.807, 2.05) is 0 Å².